The fourth-order valence-corrected chi connectivity index (χ4v) is 4.04. The number of carbonyl (C=O) groups excluding carboxylic acids is 1. The van der Waals surface area contributed by atoms with Gasteiger partial charge < -0.3 is 19.6 Å². The molecule has 7 nitrogen and oxygen atoms in total. The fraction of sp³-hybridized carbons (Fsp3) is 0.391. The molecule has 0 saturated carbocycles. The number of aryl methyl sites for hydroxylation is 1. The number of nitrogens with zero attached hydrogens (tertiary/aromatic N) is 3. The zero-order valence-electron chi connectivity index (χ0n) is 17.6. The molecule has 0 spiro atoms. The van der Waals surface area contributed by atoms with Crippen molar-refractivity contribution >= 4 is 11.7 Å². The van der Waals surface area contributed by atoms with Crippen LogP contribution in [0.1, 0.15) is 32.3 Å². The third-order valence-electron chi connectivity index (χ3n) is 5.49. The van der Waals surface area contributed by atoms with E-state index in [0.29, 0.717) is 13.0 Å². The number of pyridine rings is 1. The third kappa shape index (κ3) is 4.11. The molecule has 2 atom stereocenters. The van der Waals surface area contributed by atoms with Crippen LogP contribution in [0.5, 0.6) is 5.75 Å². The average Bonchev–Trinajstić information content (AvgIpc) is 3.18. The lowest BCUT2D eigenvalue weighted by atomic mass is 10.0. The second-order valence-electron chi connectivity index (χ2n) is 7.97. The lowest BCUT2D eigenvalue weighted by Crippen LogP contribution is -2.52. The Bertz CT molecular complexity index is 1030. The van der Waals surface area contributed by atoms with Gasteiger partial charge in [-0.3, -0.25) is 4.90 Å². The maximum absolute atomic E-state index is 11.7. The van der Waals surface area contributed by atoms with Gasteiger partial charge in [-0.2, -0.15) is 0 Å². The van der Waals surface area contributed by atoms with Gasteiger partial charge in [0.05, 0.1) is 6.10 Å². The van der Waals surface area contributed by atoms with Gasteiger partial charge in [0, 0.05) is 43.5 Å². The maximum atomic E-state index is 11.7. The lowest BCUT2D eigenvalue weighted by Gasteiger charge is -2.38. The van der Waals surface area contributed by atoms with E-state index < -0.39 is 6.03 Å². The molecule has 2 N–H and O–H groups in total. The van der Waals surface area contributed by atoms with Gasteiger partial charge in [-0.05, 0) is 50.1 Å². The summed E-state index contributed by atoms with van der Waals surface area (Å²) >= 11 is 0. The van der Waals surface area contributed by atoms with Gasteiger partial charge >= 0.3 is 6.03 Å². The Morgan fingerprint density at radius 2 is 1.97 bits per heavy atom. The van der Waals surface area contributed by atoms with Crippen molar-refractivity contribution in [1.29, 1.82) is 0 Å². The Morgan fingerprint density at radius 3 is 2.67 bits per heavy atom. The van der Waals surface area contributed by atoms with E-state index in [0.717, 1.165) is 34.5 Å². The Kier molecular flexibility index (Phi) is 5.63. The molecule has 3 heterocycles. The van der Waals surface area contributed by atoms with Crippen molar-refractivity contribution in [3.05, 3.63) is 54.5 Å². The Balaban J connectivity index is 1.46. The van der Waals surface area contributed by atoms with Crippen LogP contribution in [0, 0.1) is 6.92 Å². The van der Waals surface area contributed by atoms with E-state index in [9.17, 15) is 4.79 Å². The molecule has 158 valence electrons. The first-order chi connectivity index (χ1) is 14.4. The molecule has 2 unspecified atom stereocenters. The summed E-state index contributed by atoms with van der Waals surface area (Å²) in [7, 11) is 0. The molecule has 1 fully saturated rings. The highest BCUT2D eigenvalue weighted by atomic mass is 16.5. The molecule has 2 aromatic heterocycles. The third-order valence-corrected chi connectivity index (χ3v) is 5.49. The van der Waals surface area contributed by atoms with Gasteiger partial charge in [-0.15, -0.1) is 0 Å². The zero-order chi connectivity index (χ0) is 21.3. The minimum atomic E-state index is -0.451. The molecule has 7 heteroatoms. The number of nitrogens with two attached hydrogens (primary N) is 1. The molecular weight excluding hydrogens is 380 g/mol. The summed E-state index contributed by atoms with van der Waals surface area (Å²) in [6.07, 6.45) is 6.71. The first-order valence-electron chi connectivity index (χ1n) is 10.3. The summed E-state index contributed by atoms with van der Waals surface area (Å²) in [4.78, 5) is 17.7. The van der Waals surface area contributed by atoms with Crippen molar-refractivity contribution in [1.82, 2.24) is 14.3 Å². The standard InChI is InChI=1S/C23H28N4O3/c1-15(2)29-21-14-19(8-12-27(21)23(24)28)30-18-6-4-17(5-7-18)20-9-11-26-13-10-25-22(26)16(20)3/h4-7,9-11,13,15,19,21H,8,12,14H2,1-3H3,(H2,24,28). The number of amides is 2. The number of benzene rings is 1. The van der Waals surface area contributed by atoms with E-state index in [2.05, 4.69) is 30.1 Å². The molecule has 0 radical (unpaired) electrons. The summed E-state index contributed by atoms with van der Waals surface area (Å²) in [5.41, 5.74) is 9.88. The predicted molar refractivity (Wildman–Crippen MR) is 115 cm³/mol. The first-order valence-corrected chi connectivity index (χ1v) is 10.3. The second kappa shape index (κ2) is 8.36. The van der Waals surface area contributed by atoms with Crippen molar-refractivity contribution in [3.63, 3.8) is 0 Å². The highest BCUT2D eigenvalue weighted by molar-refractivity contribution is 5.73. The number of urea groups is 1. The van der Waals surface area contributed by atoms with Crippen molar-refractivity contribution < 1.29 is 14.3 Å². The van der Waals surface area contributed by atoms with Gasteiger partial charge in [0.15, 0.2) is 0 Å². The summed E-state index contributed by atoms with van der Waals surface area (Å²) < 4.78 is 14.1. The molecule has 4 rings (SSSR count). The van der Waals surface area contributed by atoms with Crippen molar-refractivity contribution in [2.45, 2.75) is 52.0 Å². The summed E-state index contributed by atoms with van der Waals surface area (Å²) in [6, 6.07) is 9.77. The number of rotatable bonds is 5. The number of aromatic nitrogens is 2. The quantitative estimate of drug-likeness (QED) is 0.692. The average molecular weight is 409 g/mol. The minimum Gasteiger partial charge on any atom is -0.490 e. The van der Waals surface area contributed by atoms with E-state index in [1.54, 1.807) is 4.90 Å². The van der Waals surface area contributed by atoms with Gasteiger partial charge in [0.1, 0.15) is 23.7 Å². The summed E-state index contributed by atoms with van der Waals surface area (Å²) in [5.74, 6) is 0.805. The number of hydrogen-bond acceptors (Lipinski definition) is 4. The number of fused-ring (bicyclic) bond motifs is 1. The largest absolute Gasteiger partial charge is 0.490 e. The number of imidazole rings is 1. The molecule has 0 bridgehead atoms. The van der Waals surface area contributed by atoms with Crippen LogP contribution in [0.4, 0.5) is 4.79 Å². The number of primary amides is 1. The lowest BCUT2D eigenvalue weighted by molar-refractivity contribution is -0.105. The van der Waals surface area contributed by atoms with E-state index in [4.69, 9.17) is 15.2 Å². The normalized spacial score (nSPS) is 19.4. The van der Waals surface area contributed by atoms with Gasteiger partial charge in [0.25, 0.3) is 0 Å². The second-order valence-corrected chi connectivity index (χ2v) is 7.97. The number of piperidine rings is 1. The van der Waals surface area contributed by atoms with E-state index in [1.165, 1.54) is 0 Å². The monoisotopic (exact) mass is 408 g/mol. The maximum Gasteiger partial charge on any atom is 0.316 e. The van der Waals surface area contributed by atoms with Crippen LogP contribution in [0.15, 0.2) is 48.9 Å². The molecule has 0 aliphatic carbocycles. The molecule has 3 aromatic rings. The number of ether oxygens (including phenoxy) is 2. The van der Waals surface area contributed by atoms with Crippen LogP contribution >= 0.6 is 0 Å². The number of likely N-dealkylation sites (tertiary alicyclic amines) is 1. The predicted octanol–water partition coefficient (Wildman–Crippen LogP) is 3.98. The van der Waals surface area contributed by atoms with Gasteiger partial charge in [-0.25, -0.2) is 9.78 Å². The molecule has 1 aromatic carbocycles. The highest BCUT2D eigenvalue weighted by Gasteiger charge is 2.33. The van der Waals surface area contributed by atoms with Crippen LogP contribution in [0.3, 0.4) is 0 Å². The van der Waals surface area contributed by atoms with Crippen molar-refractivity contribution in [2.75, 3.05) is 6.54 Å². The van der Waals surface area contributed by atoms with Crippen molar-refractivity contribution in [3.8, 4) is 16.9 Å². The fourth-order valence-electron chi connectivity index (χ4n) is 4.04. The molecule has 1 saturated heterocycles. The summed E-state index contributed by atoms with van der Waals surface area (Å²) in [6.45, 7) is 6.51. The van der Waals surface area contributed by atoms with E-state index >= 15 is 0 Å². The van der Waals surface area contributed by atoms with E-state index in [1.807, 2.05) is 49.0 Å². The number of carbonyl (C=O) groups is 1. The molecular formula is C23H28N4O3. The minimum absolute atomic E-state index is 0.00513. The van der Waals surface area contributed by atoms with Crippen LogP contribution in [-0.4, -0.2) is 45.3 Å². The van der Waals surface area contributed by atoms with Gasteiger partial charge in [0.2, 0.25) is 0 Å². The summed E-state index contributed by atoms with van der Waals surface area (Å²) in [5, 5.41) is 0. The van der Waals surface area contributed by atoms with E-state index in [-0.39, 0.29) is 18.4 Å². The van der Waals surface area contributed by atoms with Crippen molar-refractivity contribution in [2.24, 2.45) is 5.73 Å². The SMILES string of the molecule is Cc1c(-c2ccc(OC3CCN(C(N)=O)C(OC(C)C)C3)cc2)ccn2ccnc12. The highest BCUT2D eigenvalue weighted by Crippen LogP contribution is 2.29. The molecule has 30 heavy (non-hydrogen) atoms. The Morgan fingerprint density at radius 1 is 1.20 bits per heavy atom. The number of hydrogen-bond donors (Lipinski definition) is 1. The molecule has 1 aliphatic heterocycles. The zero-order valence-corrected chi connectivity index (χ0v) is 17.6. The van der Waals surface area contributed by atoms with Crippen LogP contribution in [-0.2, 0) is 4.74 Å². The van der Waals surface area contributed by atoms with Crippen LogP contribution in [0.25, 0.3) is 16.8 Å². The van der Waals surface area contributed by atoms with Crippen LogP contribution in [0.2, 0.25) is 0 Å². The first kappa shape index (κ1) is 20.2. The van der Waals surface area contributed by atoms with Crippen LogP contribution < -0.4 is 10.5 Å². The topological polar surface area (TPSA) is 82.1 Å². The van der Waals surface area contributed by atoms with Gasteiger partial charge in [-0.1, -0.05) is 12.1 Å². The smallest absolute Gasteiger partial charge is 0.316 e. The Labute approximate surface area is 176 Å². The molecule has 1 aliphatic rings. The Hall–Kier alpha value is -3.06. The molecule has 2 amide bonds.